The molecule has 130 valence electrons. The van der Waals surface area contributed by atoms with Crippen molar-refractivity contribution < 1.29 is 14.3 Å². The van der Waals surface area contributed by atoms with Crippen LogP contribution in [0.1, 0.15) is 24.7 Å². The monoisotopic (exact) mass is 339 g/mol. The van der Waals surface area contributed by atoms with Crippen molar-refractivity contribution in [1.82, 2.24) is 14.8 Å². The molecule has 6 heteroatoms. The Balaban J connectivity index is 1.90. The Hall–Kier alpha value is -2.89. The number of hydrogen-bond donors (Lipinski definition) is 0. The average Bonchev–Trinajstić information content (AvgIpc) is 2.95. The Bertz CT molecular complexity index is 902. The number of fused-ring (bicyclic) bond motifs is 1. The van der Waals surface area contributed by atoms with E-state index in [9.17, 15) is 4.79 Å². The van der Waals surface area contributed by atoms with Gasteiger partial charge in [-0.05, 0) is 44.5 Å². The van der Waals surface area contributed by atoms with Gasteiger partial charge in [-0.1, -0.05) is 19.1 Å². The Morgan fingerprint density at radius 1 is 1.20 bits per heavy atom. The molecule has 0 N–H and O–H groups in total. The van der Waals surface area contributed by atoms with Crippen molar-refractivity contribution in [1.29, 1.82) is 0 Å². The highest BCUT2D eigenvalue weighted by Crippen LogP contribution is 2.25. The van der Waals surface area contributed by atoms with E-state index in [1.54, 1.807) is 10.7 Å². The number of benzene rings is 1. The van der Waals surface area contributed by atoms with Crippen LogP contribution < -0.4 is 4.74 Å². The van der Waals surface area contributed by atoms with Gasteiger partial charge in [-0.25, -0.2) is 14.5 Å². The maximum absolute atomic E-state index is 11.7. The topological polar surface area (TPSA) is 66.2 Å². The van der Waals surface area contributed by atoms with Crippen LogP contribution in [-0.2, 0) is 9.53 Å². The molecule has 2 aromatic heterocycles. The Morgan fingerprint density at radius 3 is 2.76 bits per heavy atom. The maximum Gasteiger partial charge on any atom is 0.344 e. The second kappa shape index (κ2) is 7.34. The van der Waals surface area contributed by atoms with Gasteiger partial charge >= 0.3 is 5.97 Å². The molecule has 0 amide bonds. The lowest BCUT2D eigenvalue weighted by atomic mass is 10.2. The number of carbonyl (C=O) groups is 1. The van der Waals surface area contributed by atoms with Crippen molar-refractivity contribution in [2.45, 2.75) is 27.2 Å². The van der Waals surface area contributed by atoms with E-state index in [-0.39, 0.29) is 12.6 Å². The first-order chi connectivity index (χ1) is 12.1. The average molecular weight is 339 g/mol. The minimum atomic E-state index is -0.381. The number of nitrogens with zero attached hydrogens (tertiary/aromatic N) is 3. The van der Waals surface area contributed by atoms with Crippen molar-refractivity contribution in [2.75, 3.05) is 13.2 Å². The number of para-hydroxylation sites is 1. The van der Waals surface area contributed by atoms with Crippen LogP contribution in [0.3, 0.4) is 0 Å². The van der Waals surface area contributed by atoms with Crippen LogP contribution in [0.15, 0.2) is 36.4 Å². The number of ether oxygens (including phenoxy) is 2. The van der Waals surface area contributed by atoms with Crippen molar-refractivity contribution in [2.24, 2.45) is 0 Å². The molecule has 3 aromatic rings. The van der Waals surface area contributed by atoms with E-state index in [0.717, 1.165) is 23.2 Å². The summed E-state index contributed by atoms with van der Waals surface area (Å²) in [6.45, 7) is 6.14. The van der Waals surface area contributed by atoms with E-state index in [1.807, 2.05) is 51.1 Å². The highest BCUT2D eigenvalue weighted by atomic mass is 16.6. The lowest BCUT2D eigenvalue weighted by Crippen LogP contribution is -2.15. The van der Waals surface area contributed by atoms with E-state index >= 15 is 0 Å². The van der Waals surface area contributed by atoms with Crippen molar-refractivity contribution in [3.63, 3.8) is 0 Å². The van der Waals surface area contributed by atoms with Gasteiger partial charge < -0.3 is 9.47 Å². The smallest absolute Gasteiger partial charge is 0.344 e. The van der Waals surface area contributed by atoms with Crippen LogP contribution >= 0.6 is 0 Å². The second-order valence-corrected chi connectivity index (χ2v) is 5.85. The van der Waals surface area contributed by atoms with Crippen LogP contribution in [0.2, 0.25) is 0 Å². The maximum atomic E-state index is 11.7. The highest BCUT2D eigenvalue weighted by molar-refractivity contribution is 5.85. The minimum Gasteiger partial charge on any atom is -0.480 e. The summed E-state index contributed by atoms with van der Waals surface area (Å²) >= 11 is 0. The molecule has 2 heterocycles. The van der Waals surface area contributed by atoms with Gasteiger partial charge in [0.1, 0.15) is 11.3 Å². The van der Waals surface area contributed by atoms with Gasteiger partial charge in [-0.3, -0.25) is 0 Å². The molecule has 0 atom stereocenters. The molecule has 6 nitrogen and oxygen atoms in total. The molecular weight excluding hydrogens is 318 g/mol. The third-order valence-corrected chi connectivity index (χ3v) is 3.71. The summed E-state index contributed by atoms with van der Waals surface area (Å²) < 4.78 is 12.5. The van der Waals surface area contributed by atoms with E-state index in [0.29, 0.717) is 23.7 Å². The van der Waals surface area contributed by atoms with Crippen LogP contribution in [-0.4, -0.2) is 33.9 Å². The van der Waals surface area contributed by atoms with Crippen molar-refractivity contribution in [3.8, 4) is 11.6 Å². The SMILES string of the molecule is CCCOC(=O)COc1cccc2ccc(-n3nc(C)cc3C)nc12. The molecule has 0 aliphatic rings. The number of pyridine rings is 1. The zero-order chi connectivity index (χ0) is 17.8. The standard InChI is InChI=1S/C19H21N3O3/c1-4-10-24-18(23)12-25-16-7-5-6-15-8-9-17(20-19(15)16)22-14(3)11-13(2)21-22/h5-9,11H,4,10,12H2,1-3H3. The number of hydrogen-bond acceptors (Lipinski definition) is 5. The molecular formula is C19H21N3O3. The molecule has 25 heavy (non-hydrogen) atoms. The lowest BCUT2D eigenvalue weighted by molar-refractivity contribution is -0.145. The van der Waals surface area contributed by atoms with Crippen LogP contribution in [0.25, 0.3) is 16.7 Å². The zero-order valence-corrected chi connectivity index (χ0v) is 14.7. The lowest BCUT2D eigenvalue weighted by Gasteiger charge is -2.10. The molecule has 3 rings (SSSR count). The first kappa shape index (κ1) is 17.0. The molecule has 0 aliphatic carbocycles. The van der Waals surface area contributed by atoms with E-state index in [2.05, 4.69) is 10.1 Å². The number of carbonyl (C=O) groups excluding carboxylic acids is 1. The zero-order valence-electron chi connectivity index (χ0n) is 14.7. The fraction of sp³-hybridized carbons (Fsp3) is 0.316. The van der Waals surface area contributed by atoms with Gasteiger partial charge in [0.05, 0.1) is 12.3 Å². The van der Waals surface area contributed by atoms with E-state index in [1.165, 1.54) is 0 Å². The van der Waals surface area contributed by atoms with Crippen LogP contribution in [0.4, 0.5) is 0 Å². The van der Waals surface area contributed by atoms with E-state index in [4.69, 9.17) is 9.47 Å². The van der Waals surface area contributed by atoms with E-state index < -0.39 is 0 Å². The minimum absolute atomic E-state index is 0.134. The first-order valence-corrected chi connectivity index (χ1v) is 8.30. The number of rotatable bonds is 6. The second-order valence-electron chi connectivity index (χ2n) is 5.85. The summed E-state index contributed by atoms with van der Waals surface area (Å²) in [5.41, 5.74) is 2.63. The predicted molar refractivity (Wildman–Crippen MR) is 95.1 cm³/mol. The van der Waals surface area contributed by atoms with Gasteiger partial charge in [0, 0.05) is 11.1 Å². The molecule has 0 aliphatic heterocycles. The molecule has 0 fully saturated rings. The van der Waals surface area contributed by atoms with Crippen molar-refractivity contribution in [3.05, 3.63) is 47.8 Å². The van der Waals surface area contributed by atoms with Gasteiger partial charge in [0.2, 0.25) is 0 Å². The fourth-order valence-corrected chi connectivity index (χ4v) is 2.60. The molecule has 0 unspecified atom stereocenters. The molecule has 0 bridgehead atoms. The quantitative estimate of drug-likeness (QED) is 0.644. The Morgan fingerprint density at radius 2 is 2.04 bits per heavy atom. The molecule has 0 saturated heterocycles. The number of aromatic nitrogens is 3. The summed E-state index contributed by atoms with van der Waals surface area (Å²) in [5, 5.41) is 5.40. The van der Waals surface area contributed by atoms with Crippen LogP contribution in [0.5, 0.6) is 5.75 Å². The predicted octanol–water partition coefficient (Wildman–Crippen LogP) is 3.37. The first-order valence-electron chi connectivity index (χ1n) is 8.30. The summed E-state index contributed by atoms with van der Waals surface area (Å²) in [7, 11) is 0. The summed E-state index contributed by atoms with van der Waals surface area (Å²) in [4.78, 5) is 16.3. The molecule has 1 aromatic carbocycles. The summed E-state index contributed by atoms with van der Waals surface area (Å²) in [5.74, 6) is 0.880. The normalized spacial score (nSPS) is 10.8. The van der Waals surface area contributed by atoms with Crippen LogP contribution in [0, 0.1) is 13.8 Å². The summed E-state index contributed by atoms with van der Waals surface area (Å²) in [6.07, 6.45) is 0.785. The van der Waals surface area contributed by atoms with Gasteiger partial charge in [0.15, 0.2) is 12.4 Å². The number of aryl methyl sites for hydroxylation is 2. The molecule has 0 radical (unpaired) electrons. The van der Waals surface area contributed by atoms with Gasteiger partial charge in [-0.15, -0.1) is 0 Å². The molecule has 0 spiro atoms. The highest BCUT2D eigenvalue weighted by Gasteiger charge is 2.11. The van der Waals surface area contributed by atoms with Gasteiger partial charge in [-0.2, -0.15) is 5.10 Å². The summed E-state index contributed by atoms with van der Waals surface area (Å²) in [6, 6.07) is 11.5. The Kier molecular flexibility index (Phi) is 4.97. The largest absolute Gasteiger partial charge is 0.480 e. The third kappa shape index (κ3) is 3.79. The Labute approximate surface area is 146 Å². The number of esters is 1. The third-order valence-electron chi connectivity index (χ3n) is 3.71. The van der Waals surface area contributed by atoms with Gasteiger partial charge in [0.25, 0.3) is 0 Å². The molecule has 0 saturated carbocycles. The fourth-order valence-electron chi connectivity index (χ4n) is 2.60. The van der Waals surface area contributed by atoms with Crippen molar-refractivity contribution >= 4 is 16.9 Å².